The zero-order valence-corrected chi connectivity index (χ0v) is 19.2. The Morgan fingerprint density at radius 3 is 2.66 bits per heavy atom. The minimum Gasteiger partial charge on any atom is -0.493 e. The minimum atomic E-state index is -3.71. The first-order chi connectivity index (χ1) is 15.5. The van der Waals surface area contributed by atoms with E-state index in [2.05, 4.69) is 14.8 Å². The maximum absolute atomic E-state index is 12.8. The molecule has 0 radical (unpaired) electrons. The SMILES string of the molecule is COc1ccc(CCn2cc(NS(=O)(=O)c3ccc(-c4ccccn4)s3)cn2)cc1OC. The molecule has 0 spiro atoms. The van der Waals surface area contributed by atoms with Crippen LogP contribution in [0.5, 0.6) is 11.5 Å². The summed E-state index contributed by atoms with van der Waals surface area (Å²) in [4.78, 5) is 5.05. The van der Waals surface area contributed by atoms with Crippen molar-refractivity contribution >= 4 is 27.0 Å². The fourth-order valence-corrected chi connectivity index (χ4v) is 5.45. The second kappa shape index (κ2) is 9.41. The number of sulfonamides is 1. The Morgan fingerprint density at radius 2 is 1.91 bits per heavy atom. The van der Waals surface area contributed by atoms with Gasteiger partial charge in [-0.15, -0.1) is 11.3 Å². The number of aryl methyl sites for hydroxylation is 2. The maximum Gasteiger partial charge on any atom is 0.271 e. The summed E-state index contributed by atoms with van der Waals surface area (Å²) in [5.41, 5.74) is 2.20. The van der Waals surface area contributed by atoms with E-state index >= 15 is 0 Å². The number of anilines is 1. The first-order valence-corrected chi connectivity index (χ1v) is 12.1. The predicted molar refractivity (Wildman–Crippen MR) is 124 cm³/mol. The molecule has 32 heavy (non-hydrogen) atoms. The molecule has 0 amide bonds. The van der Waals surface area contributed by atoms with E-state index in [9.17, 15) is 8.42 Å². The van der Waals surface area contributed by atoms with E-state index in [1.165, 1.54) is 17.5 Å². The number of hydrogen-bond donors (Lipinski definition) is 1. The fraction of sp³-hybridized carbons (Fsp3) is 0.182. The van der Waals surface area contributed by atoms with E-state index in [0.29, 0.717) is 30.2 Å². The molecule has 4 aromatic rings. The number of benzene rings is 1. The maximum atomic E-state index is 12.8. The minimum absolute atomic E-state index is 0.219. The van der Waals surface area contributed by atoms with Crippen molar-refractivity contribution in [3.8, 4) is 22.1 Å². The highest BCUT2D eigenvalue weighted by Crippen LogP contribution is 2.30. The summed E-state index contributed by atoms with van der Waals surface area (Å²) in [6, 6.07) is 14.6. The van der Waals surface area contributed by atoms with Crippen LogP contribution in [0, 0.1) is 0 Å². The second-order valence-corrected chi connectivity index (χ2v) is 9.86. The van der Waals surface area contributed by atoms with E-state index < -0.39 is 10.0 Å². The van der Waals surface area contributed by atoms with Crippen LogP contribution in [0.4, 0.5) is 5.69 Å². The Hall–Kier alpha value is -3.37. The largest absolute Gasteiger partial charge is 0.493 e. The Kier molecular flexibility index (Phi) is 6.42. The van der Waals surface area contributed by atoms with Crippen LogP contribution < -0.4 is 14.2 Å². The zero-order chi connectivity index (χ0) is 22.6. The topological polar surface area (TPSA) is 95.3 Å². The number of thiophene rings is 1. The molecule has 1 aromatic carbocycles. The second-order valence-electron chi connectivity index (χ2n) is 6.87. The number of pyridine rings is 1. The van der Waals surface area contributed by atoms with Crippen LogP contribution in [0.15, 0.2) is 71.3 Å². The van der Waals surface area contributed by atoms with Gasteiger partial charge in [-0.25, -0.2) is 8.42 Å². The van der Waals surface area contributed by atoms with Crippen molar-refractivity contribution in [1.29, 1.82) is 0 Å². The van der Waals surface area contributed by atoms with Gasteiger partial charge in [0.1, 0.15) is 4.21 Å². The molecule has 0 saturated carbocycles. The molecule has 0 aliphatic carbocycles. The van der Waals surface area contributed by atoms with Crippen molar-refractivity contribution in [2.75, 3.05) is 18.9 Å². The normalized spacial score (nSPS) is 11.3. The summed E-state index contributed by atoms with van der Waals surface area (Å²) in [6.07, 6.45) is 5.55. The molecule has 3 aromatic heterocycles. The van der Waals surface area contributed by atoms with E-state index in [-0.39, 0.29) is 4.21 Å². The van der Waals surface area contributed by atoms with Gasteiger partial charge in [-0.1, -0.05) is 12.1 Å². The van der Waals surface area contributed by atoms with Gasteiger partial charge in [0.25, 0.3) is 10.0 Å². The van der Waals surface area contributed by atoms with Crippen LogP contribution in [-0.4, -0.2) is 37.4 Å². The number of nitrogens with zero attached hydrogens (tertiary/aromatic N) is 3. The van der Waals surface area contributed by atoms with Gasteiger partial charge >= 0.3 is 0 Å². The van der Waals surface area contributed by atoms with E-state index in [1.807, 2.05) is 36.4 Å². The number of methoxy groups -OCH3 is 2. The van der Waals surface area contributed by atoms with Gasteiger partial charge in [-0.05, 0) is 48.4 Å². The number of ether oxygens (including phenoxy) is 2. The highest BCUT2D eigenvalue weighted by atomic mass is 32.2. The summed E-state index contributed by atoms with van der Waals surface area (Å²) < 4.78 is 40.7. The molecule has 1 N–H and O–H groups in total. The van der Waals surface area contributed by atoms with Crippen LogP contribution in [0.25, 0.3) is 10.6 Å². The van der Waals surface area contributed by atoms with Crippen molar-refractivity contribution in [3.05, 3.63) is 72.7 Å². The van der Waals surface area contributed by atoms with E-state index in [4.69, 9.17) is 9.47 Å². The van der Waals surface area contributed by atoms with Gasteiger partial charge in [0.2, 0.25) is 0 Å². The van der Waals surface area contributed by atoms with Crippen molar-refractivity contribution < 1.29 is 17.9 Å². The van der Waals surface area contributed by atoms with Crippen LogP contribution in [-0.2, 0) is 23.0 Å². The third-order valence-corrected chi connectivity index (χ3v) is 7.71. The molecular weight excluding hydrogens is 448 g/mol. The van der Waals surface area contributed by atoms with Gasteiger partial charge in [-0.3, -0.25) is 14.4 Å². The molecule has 0 fully saturated rings. The van der Waals surface area contributed by atoms with Gasteiger partial charge in [0.05, 0.1) is 36.7 Å². The smallest absolute Gasteiger partial charge is 0.271 e. The van der Waals surface area contributed by atoms with Crippen LogP contribution in [0.2, 0.25) is 0 Å². The molecule has 0 atom stereocenters. The third kappa shape index (κ3) is 4.92. The zero-order valence-electron chi connectivity index (χ0n) is 17.6. The summed E-state index contributed by atoms with van der Waals surface area (Å²) >= 11 is 1.17. The van der Waals surface area contributed by atoms with Gasteiger partial charge in [0, 0.05) is 18.9 Å². The molecule has 166 valence electrons. The lowest BCUT2D eigenvalue weighted by Gasteiger charge is -2.09. The Balaban J connectivity index is 1.41. The molecule has 10 heteroatoms. The Labute approximate surface area is 190 Å². The van der Waals surface area contributed by atoms with E-state index in [0.717, 1.165) is 16.1 Å². The molecule has 3 heterocycles. The van der Waals surface area contributed by atoms with Crippen molar-refractivity contribution in [1.82, 2.24) is 14.8 Å². The number of nitrogens with one attached hydrogen (secondary N) is 1. The highest BCUT2D eigenvalue weighted by Gasteiger charge is 2.18. The molecule has 0 aliphatic rings. The first-order valence-electron chi connectivity index (χ1n) is 9.76. The van der Waals surface area contributed by atoms with Crippen LogP contribution in [0.3, 0.4) is 0 Å². The molecule has 8 nitrogen and oxygen atoms in total. The van der Waals surface area contributed by atoms with Gasteiger partial charge in [0.15, 0.2) is 11.5 Å². The van der Waals surface area contributed by atoms with Crippen molar-refractivity contribution in [3.63, 3.8) is 0 Å². The predicted octanol–water partition coefficient (Wildman–Crippen LogP) is 4.07. The lowest BCUT2D eigenvalue weighted by atomic mass is 10.1. The Morgan fingerprint density at radius 1 is 1.06 bits per heavy atom. The molecular formula is C22H22N4O4S2. The lowest BCUT2D eigenvalue weighted by molar-refractivity contribution is 0.354. The third-order valence-electron chi connectivity index (χ3n) is 4.73. The highest BCUT2D eigenvalue weighted by molar-refractivity contribution is 7.94. The average Bonchev–Trinajstić information content (AvgIpc) is 3.48. The average molecular weight is 471 g/mol. The Bertz CT molecular complexity index is 1300. The summed E-state index contributed by atoms with van der Waals surface area (Å²) in [5, 5.41) is 4.27. The van der Waals surface area contributed by atoms with Crippen LogP contribution in [0.1, 0.15) is 5.56 Å². The molecule has 0 saturated heterocycles. The number of rotatable bonds is 9. The monoisotopic (exact) mass is 470 g/mol. The summed E-state index contributed by atoms with van der Waals surface area (Å²) in [7, 11) is -0.520. The van der Waals surface area contributed by atoms with Gasteiger partial charge in [-0.2, -0.15) is 5.10 Å². The standard InChI is InChI=1S/C22H22N4O4S2/c1-29-19-7-6-16(13-20(19)30-2)10-12-26-15-17(14-24-26)25-32(27,28)22-9-8-21(31-22)18-5-3-4-11-23-18/h3-9,11,13-15,25H,10,12H2,1-2H3. The van der Waals surface area contributed by atoms with E-state index in [1.54, 1.807) is 43.4 Å². The molecule has 0 aliphatic heterocycles. The fourth-order valence-electron chi connectivity index (χ4n) is 3.13. The van der Waals surface area contributed by atoms with Crippen molar-refractivity contribution in [2.24, 2.45) is 0 Å². The van der Waals surface area contributed by atoms with Gasteiger partial charge < -0.3 is 9.47 Å². The molecule has 0 unspecified atom stereocenters. The number of aromatic nitrogens is 3. The molecule has 0 bridgehead atoms. The quantitative estimate of drug-likeness (QED) is 0.396. The first kappa shape index (κ1) is 21.8. The van der Waals surface area contributed by atoms with Crippen molar-refractivity contribution in [2.45, 2.75) is 17.2 Å². The molecule has 4 rings (SSSR count). The summed E-state index contributed by atoms with van der Waals surface area (Å²) in [6.45, 7) is 0.583. The summed E-state index contributed by atoms with van der Waals surface area (Å²) in [5.74, 6) is 1.34. The number of hydrogen-bond acceptors (Lipinski definition) is 7. The lowest BCUT2D eigenvalue weighted by Crippen LogP contribution is -2.11. The van der Waals surface area contributed by atoms with Crippen LogP contribution >= 0.6 is 11.3 Å².